The van der Waals surface area contributed by atoms with Crippen LogP contribution in [0.4, 0.5) is 5.69 Å². The maximum absolute atomic E-state index is 12.5. The monoisotopic (exact) mass is 254 g/mol. The van der Waals surface area contributed by atoms with Gasteiger partial charge in [0.1, 0.15) is 0 Å². The first kappa shape index (κ1) is 13.3. The van der Waals surface area contributed by atoms with Gasteiger partial charge in [0.05, 0.1) is 5.56 Å². The standard InChI is InChI=1S/C16H18N2O/c1-2-3-12-18(15-9-5-4-6-10-15)16(19)14-8-7-11-17-13-14/h4-11,13H,2-3,12H2,1H3. The van der Waals surface area contributed by atoms with Crippen LogP contribution >= 0.6 is 0 Å². The minimum absolute atomic E-state index is 0.00718. The van der Waals surface area contributed by atoms with Gasteiger partial charge in [0, 0.05) is 24.6 Å². The van der Waals surface area contributed by atoms with Gasteiger partial charge in [-0.2, -0.15) is 0 Å². The first-order valence-corrected chi connectivity index (χ1v) is 6.60. The van der Waals surface area contributed by atoms with Crippen molar-refractivity contribution in [3.05, 3.63) is 60.4 Å². The predicted octanol–water partition coefficient (Wildman–Crippen LogP) is 3.53. The molecule has 0 N–H and O–H groups in total. The van der Waals surface area contributed by atoms with Gasteiger partial charge in [-0.25, -0.2) is 0 Å². The first-order chi connectivity index (χ1) is 9.33. The number of para-hydroxylation sites is 1. The van der Waals surface area contributed by atoms with E-state index in [0.717, 1.165) is 25.1 Å². The minimum Gasteiger partial charge on any atom is -0.308 e. The molecule has 1 aromatic carbocycles. The number of hydrogen-bond acceptors (Lipinski definition) is 2. The van der Waals surface area contributed by atoms with Crippen molar-refractivity contribution in [1.82, 2.24) is 4.98 Å². The molecule has 19 heavy (non-hydrogen) atoms. The molecule has 0 saturated carbocycles. The Balaban J connectivity index is 2.25. The Hall–Kier alpha value is -2.16. The number of nitrogens with zero attached hydrogens (tertiary/aromatic N) is 2. The fourth-order valence-electron chi connectivity index (χ4n) is 1.92. The Morgan fingerprint density at radius 3 is 2.58 bits per heavy atom. The number of unbranched alkanes of at least 4 members (excludes halogenated alkanes) is 1. The van der Waals surface area contributed by atoms with E-state index in [-0.39, 0.29) is 5.91 Å². The van der Waals surface area contributed by atoms with Crippen molar-refractivity contribution >= 4 is 11.6 Å². The molecule has 0 spiro atoms. The summed E-state index contributed by atoms with van der Waals surface area (Å²) in [5.41, 5.74) is 1.56. The quantitative estimate of drug-likeness (QED) is 0.817. The van der Waals surface area contributed by atoms with Crippen LogP contribution in [-0.4, -0.2) is 17.4 Å². The molecule has 0 aliphatic heterocycles. The van der Waals surface area contributed by atoms with Gasteiger partial charge in [-0.05, 0) is 30.7 Å². The highest BCUT2D eigenvalue weighted by Crippen LogP contribution is 2.17. The molecule has 2 rings (SSSR count). The van der Waals surface area contributed by atoms with E-state index in [0.29, 0.717) is 5.56 Å². The molecule has 0 fully saturated rings. The van der Waals surface area contributed by atoms with E-state index in [1.807, 2.05) is 35.2 Å². The zero-order valence-electron chi connectivity index (χ0n) is 11.1. The van der Waals surface area contributed by atoms with Gasteiger partial charge in [-0.15, -0.1) is 0 Å². The van der Waals surface area contributed by atoms with Gasteiger partial charge >= 0.3 is 0 Å². The van der Waals surface area contributed by atoms with Gasteiger partial charge < -0.3 is 4.90 Å². The molecule has 1 aromatic heterocycles. The molecule has 3 heteroatoms. The lowest BCUT2D eigenvalue weighted by atomic mass is 10.2. The number of carbonyl (C=O) groups excluding carboxylic acids is 1. The second-order valence-corrected chi connectivity index (χ2v) is 4.39. The Kier molecular flexibility index (Phi) is 4.67. The van der Waals surface area contributed by atoms with Crippen LogP contribution in [-0.2, 0) is 0 Å². The maximum Gasteiger partial charge on any atom is 0.259 e. The smallest absolute Gasteiger partial charge is 0.259 e. The fraction of sp³-hybridized carbons (Fsp3) is 0.250. The van der Waals surface area contributed by atoms with Crippen molar-refractivity contribution < 1.29 is 4.79 Å². The van der Waals surface area contributed by atoms with E-state index in [2.05, 4.69) is 11.9 Å². The number of aromatic nitrogens is 1. The van der Waals surface area contributed by atoms with Gasteiger partial charge in [0.2, 0.25) is 0 Å². The van der Waals surface area contributed by atoms with Gasteiger partial charge in [-0.1, -0.05) is 31.5 Å². The molecule has 0 radical (unpaired) electrons. The van der Waals surface area contributed by atoms with Crippen molar-refractivity contribution in [3.63, 3.8) is 0 Å². The van der Waals surface area contributed by atoms with E-state index in [1.54, 1.807) is 24.5 Å². The highest BCUT2D eigenvalue weighted by atomic mass is 16.2. The average molecular weight is 254 g/mol. The lowest BCUT2D eigenvalue weighted by molar-refractivity contribution is 0.0986. The van der Waals surface area contributed by atoms with Crippen LogP contribution in [0, 0.1) is 0 Å². The molecule has 0 aliphatic rings. The summed E-state index contributed by atoms with van der Waals surface area (Å²) in [6, 6.07) is 13.4. The van der Waals surface area contributed by atoms with Gasteiger partial charge in [0.25, 0.3) is 5.91 Å². The van der Waals surface area contributed by atoms with Crippen molar-refractivity contribution in [2.75, 3.05) is 11.4 Å². The zero-order chi connectivity index (χ0) is 13.5. The molecule has 1 amide bonds. The summed E-state index contributed by atoms with van der Waals surface area (Å²) in [6.07, 6.45) is 5.34. The summed E-state index contributed by atoms with van der Waals surface area (Å²) in [5.74, 6) is 0.00718. The van der Waals surface area contributed by atoms with E-state index >= 15 is 0 Å². The van der Waals surface area contributed by atoms with E-state index in [4.69, 9.17) is 0 Å². The number of rotatable bonds is 5. The topological polar surface area (TPSA) is 33.2 Å². The van der Waals surface area contributed by atoms with Crippen LogP contribution in [0.15, 0.2) is 54.9 Å². The molecule has 0 aliphatic carbocycles. The van der Waals surface area contributed by atoms with E-state index in [9.17, 15) is 4.79 Å². The third kappa shape index (κ3) is 3.41. The second-order valence-electron chi connectivity index (χ2n) is 4.39. The Bertz CT molecular complexity index is 511. The normalized spacial score (nSPS) is 10.2. The molecular formula is C16H18N2O. The molecule has 0 bridgehead atoms. The largest absolute Gasteiger partial charge is 0.308 e. The highest BCUT2D eigenvalue weighted by Gasteiger charge is 2.16. The number of carbonyl (C=O) groups is 1. The van der Waals surface area contributed by atoms with Crippen LogP contribution in [0.25, 0.3) is 0 Å². The molecule has 2 aromatic rings. The average Bonchev–Trinajstić information content (AvgIpc) is 2.49. The van der Waals surface area contributed by atoms with Gasteiger partial charge in [0.15, 0.2) is 0 Å². The molecule has 98 valence electrons. The third-order valence-corrected chi connectivity index (χ3v) is 2.96. The summed E-state index contributed by atoms with van der Waals surface area (Å²) in [6.45, 7) is 2.85. The Morgan fingerprint density at radius 2 is 1.95 bits per heavy atom. The van der Waals surface area contributed by atoms with Crippen molar-refractivity contribution in [2.45, 2.75) is 19.8 Å². The summed E-state index contributed by atoms with van der Waals surface area (Å²) in [7, 11) is 0. The van der Waals surface area contributed by atoms with Crippen molar-refractivity contribution in [3.8, 4) is 0 Å². The van der Waals surface area contributed by atoms with E-state index < -0.39 is 0 Å². The fourth-order valence-corrected chi connectivity index (χ4v) is 1.92. The van der Waals surface area contributed by atoms with E-state index in [1.165, 1.54) is 0 Å². The van der Waals surface area contributed by atoms with Crippen molar-refractivity contribution in [2.24, 2.45) is 0 Å². The molecule has 3 nitrogen and oxygen atoms in total. The summed E-state index contributed by atoms with van der Waals surface area (Å²) in [4.78, 5) is 18.4. The molecule has 1 heterocycles. The minimum atomic E-state index is 0.00718. The second kappa shape index (κ2) is 6.69. The van der Waals surface area contributed by atoms with Crippen LogP contribution < -0.4 is 4.90 Å². The molecule has 0 atom stereocenters. The maximum atomic E-state index is 12.5. The lowest BCUT2D eigenvalue weighted by Gasteiger charge is -2.22. The third-order valence-electron chi connectivity index (χ3n) is 2.96. The van der Waals surface area contributed by atoms with Crippen LogP contribution in [0.1, 0.15) is 30.1 Å². The number of hydrogen-bond donors (Lipinski definition) is 0. The SMILES string of the molecule is CCCCN(C(=O)c1cccnc1)c1ccccc1. The summed E-state index contributed by atoms with van der Waals surface area (Å²) in [5, 5.41) is 0. The number of amides is 1. The Labute approximate surface area is 113 Å². The van der Waals surface area contributed by atoms with Crippen LogP contribution in [0.5, 0.6) is 0 Å². The lowest BCUT2D eigenvalue weighted by Crippen LogP contribution is -2.31. The number of pyridine rings is 1. The van der Waals surface area contributed by atoms with Gasteiger partial charge in [-0.3, -0.25) is 9.78 Å². The first-order valence-electron chi connectivity index (χ1n) is 6.60. The molecule has 0 unspecified atom stereocenters. The molecular weight excluding hydrogens is 236 g/mol. The van der Waals surface area contributed by atoms with Crippen LogP contribution in [0.2, 0.25) is 0 Å². The number of anilines is 1. The summed E-state index contributed by atoms with van der Waals surface area (Å²) >= 11 is 0. The number of benzene rings is 1. The zero-order valence-corrected chi connectivity index (χ0v) is 11.1. The Morgan fingerprint density at radius 1 is 1.16 bits per heavy atom. The molecule has 0 saturated heterocycles. The summed E-state index contributed by atoms with van der Waals surface area (Å²) < 4.78 is 0. The highest BCUT2D eigenvalue weighted by molar-refractivity contribution is 6.05. The van der Waals surface area contributed by atoms with Crippen LogP contribution in [0.3, 0.4) is 0 Å². The van der Waals surface area contributed by atoms with Crippen molar-refractivity contribution in [1.29, 1.82) is 0 Å². The predicted molar refractivity (Wildman–Crippen MR) is 77.3 cm³/mol.